The Morgan fingerprint density at radius 2 is 2.00 bits per heavy atom. The van der Waals surface area contributed by atoms with Gasteiger partial charge in [0.2, 0.25) is 0 Å². The average Bonchev–Trinajstić information content (AvgIpc) is 1.97. The predicted molar refractivity (Wildman–Crippen MR) is 53.6 cm³/mol. The smallest absolute Gasteiger partial charge is 0.332 e. The van der Waals surface area contributed by atoms with Gasteiger partial charge in [0.25, 0.3) is 0 Å². The van der Waals surface area contributed by atoms with E-state index in [0.717, 1.165) is 0 Å². The third-order valence-corrected chi connectivity index (χ3v) is 1.13. The molecule has 0 aromatic rings. The van der Waals surface area contributed by atoms with Gasteiger partial charge in [0.15, 0.2) is 0 Å². The third-order valence-electron chi connectivity index (χ3n) is 1.13. The van der Waals surface area contributed by atoms with Crippen LogP contribution in [-0.4, -0.2) is 23.8 Å². The predicted octanol–water partition coefficient (Wildman–Crippen LogP) is 0.419. The fourth-order valence-corrected chi connectivity index (χ4v) is 0.560. The average molecular weight is 186 g/mol. The highest BCUT2D eigenvalue weighted by Gasteiger charge is 2.12. The van der Waals surface area contributed by atoms with Crippen molar-refractivity contribution in [2.75, 3.05) is 6.54 Å². The molecule has 0 aromatic carbocycles. The third kappa shape index (κ3) is 7.27. The van der Waals surface area contributed by atoms with Gasteiger partial charge in [0.1, 0.15) is 0 Å². The molecular formula is C8H18N4O. The van der Waals surface area contributed by atoms with Gasteiger partial charge < -0.3 is 11.1 Å². The molecule has 0 heterocycles. The second kappa shape index (κ2) is 4.81. The lowest BCUT2D eigenvalue weighted by molar-refractivity contribution is 0.232. The molecule has 0 rings (SSSR count). The molecule has 0 saturated carbocycles. The molecular weight excluding hydrogens is 168 g/mol. The summed E-state index contributed by atoms with van der Waals surface area (Å²) in [6, 6.07) is -0.319. The van der Waals surface area contributed by atoms with E-state index >= 15 is 0 Å². The number of urea groups is 1. The summed E-state index contributed by atoms with van der Waals surface area (Å²) >= 11 is 0. The van der Waals surface area contributed by atoms with Gasteiger partial charge in [-0.15, -0.1) is 0 Å². The molecule has 0 aliphatic rings. The Hall–Kier alpha value is -1.10. The zero-order valence-electron chi connectivity index (χ0n) is 8.64. The molecule has 0 radical (unpaired) electrons. The Labute approximate surface area is 78.8 Å². The summed E-state index contributed by atoms with van der Waals surface area (Å²) in [6.07, 6.45) is 0. The number of hydrogen-bond donors (Lipinski definition) is 3. The summed E-state index contributed by atoms with van der Waals surface area (Å²) in [4.78, 5) is 11.1. The topological polar surface area (TPSA) is 79.5 Å². The number of hydrazone groups is 1. The second-order valence-corrected chi connectivity index (χ2v) is 3.87. The molecule has 0 aromatic heterocycles. The first-order valence-electron chi connectivity index (χ1n) is 4.16. The van der Waals surface area contributed by atoms with Crippen LogP contribution in [0, 0.1) is 0 Å². The Morgan fingerprint density at radius 1 is 1.46 bits per heavy atom. The summed E-state index contributed by atoms with van der Waals surface area (Å²) in [5.41, 5.74) is 8.06. The lowest BCUT2D eigenvalue weighted by atomic mass is 10.1. The van der Waals surface area contributed by atoms with Gasteiger partial charge in [-0.1, -0.05) is 0 Å². The van der Waals surface area contributed by atoms with Crippen LogP contribution < -0.4 is 16.5 Å². The first-order chi connectivity index (χ1) is 5.85. The van der Waals surface area contributed by atoms with Gasteiger partial charge in [-0.05, 0) is 27.7 Å². The largest absolute Gasteiger partial charge is 0.335 e. The number of carbonyl (C=O) groups excluding carboxylic acids is 1. The van der Waals surface area contributed by atoms with Gasteiger partial charge in [0.05, 0.1) is 0 Å². The van der Waals surface area contributed by atoms with Crippen molar-refractivity contribution in [1.29, 1.82) is 0 Å². The minimum absolute atomic E-state index is 0.254. The highest BCUT2D eigenvalue weighted by Crippen LogP contribution is 1.96. The van der Waals surface area contributed by atoms with Crippen LogP contribution in [0.5, 0.6) is 0 Å². The molecule has 0 spiro atoms. The van der Waals surface area contributed by atoms with Crippen LogP contribution in [0.1, 0.15) is 27.7 Å². The normalized spacial score (nSPS) is 12.5. The number of hydrogen-bond acceptors (Lipinski definition) is 3. The van der Waals surface area contributed by atoms with E-state index in [4.69, 9.17) is 5.73 Å². The molecule has 0 unspecified atom stereocenters. The summed E-state index contributed by atoms with van der Waals surface area (Å²) in [5, 5.41) is 6.46. The molecule has 0 aliphatic heterocycles. The van der Waals surface area contributed by atoms with Crippen molar-refractivity contribution in [2.45, 2.75) is 33.2 Å². The number of carbonyl (C=O) groups is 1. The van der Waals surface area contributed by atoms with Crippen LogP contribution in [0.15, 0.2) is 5.10 Å². The summed E-state index contributed by atoms with van der Waals surface area (Å²) in [5.74, 6) is 0. The van der Waals surface area contributed by atoms with Gasteiger partial charge >= 0.3 is 6.03 Å². The Morgan fingerprint density at radius 3 is 2.38 bits per heavy atom. The molecule has 4 N–H and O–H groups in total. The fraction of sp³-hybridized carbons (Fsp3) is 0.750. The maximum Gasteiger partial charge on any atom is 0.335 e. The van der Waals surface area contributed by atoms with Crippen LogP contribution in [0.4, 0.5) is 4.79 Å². The number of amides is 2. The van der Waals surface area contributed by atoms with E-state index in [2.05, 4.69) is 15.8 Å². The number of rotatable bonds is 2. The molecule has 2 amide bonds. The summed E-state index contributed by atoms with van der Waals surface area (Å²) in [6.45, 7) is 7.78. The molecule has 5 nitrogen and oxygen atoms in total. The van der Waals surface area contributed by atoms with E-state index in [1.54, 1.807) is 6.92 Å². The van der Waals surface area contributed by atoms with Gasteiger partial charge in [0, 0.05) is 17.8 Å². The van der Waals surface area contributed by atoms with E-state index in [1.165, 1.54) is 0 Å². The van der Waals surface area contributed by atoms with Crippen LogP contribution >= 0.6 is 0 Å². The van der Waals surface area contributed by atoms with E-state index in [1.807, 2.05) is 20.8 Å². The Balaban J connectivity index is 3.90. The highest BCUT2D eigenvalue weighted by atomic mass is 16.2. The molecule has 0 aliphatic carbocycles. The van der Waals surface area contributed by atoms with E-state index in [9.17, 15) is 4.79 Å². The van der Waals surface area contributed by atoms with Crippen molar-refractivity contribution in [1.82, 2.24) is 10.7 Å². The van der Waals surface area contributed by atoms with Crippen molar-refractivity contribution in [3.05, 3.63) is 0 Å². The zero-order valence-corrected chi connectivity index (χ0v) is 8.64. The quantitative estimate of drug-likeness (QED) is 0.431. The SMILES string of the molecule is CC(CN)=NNC(=O)NC(C)(C)C. The van der Waals surface area contributed by atoms with Crippen molar-refractivity contribution >= 4 is 11.7 Å². The summed E-state index contributed by atoms with van der Waals surface area (Å²) in [7, 11) is 0. The molecule has 0 fully saturated rings. The van der Waals surface area contributed by atoms with E-state index < -0.39 is 0 Å². The summed E-state index contributed by atoms with van der Waals surface area (Å²) < 4.78 is 0. The second-order valence-electron chi connectivity index (χ2n) is 3.87. The van der Waals surface area contributed by atoms with Crippen molar-refractivity contribution < 1.29 is 4.79 Å². The molecule has 0 bridgehead atoms. The minimum atomic E-state index is -0.319. The van der Waals surface area contributed by atoms with Gasteiger partial charge in [-0.3, -0.25) is 0 Å². The Kier molecular flexibility index (Phi) is 4.40. The maximum absolute atomic E-state index is 11.1. The number of nitrogens with zero attached hydrogens (tertiary/aromatic N) is 1. The lowest BCUT2D eigenvalue weighted by Gasteiger charge is -2.19. The lowest BCUT2D eigenvalue weighted by Crippen LogP contribution is -2.45. The van der Waals surface area contributed by atoms with Gasteiger partial charge in [-0.25, -0.2) is 10.2 Å². The standard InChI is InChI=1S/C8H18N4O/c1-6(5-9)11-12-7(13)10-8(2,3)4/h5,9H2,1-4H3,(H2,10,12,13). The van der Waals surface area contributed by atoms with E-state index in [0.29, 0.717) is 12.3 Å². The minimum Gasteiger partial charge on any atom is -0.332 e. The van der Waals surface area contributed by atoms with Gasteiger partial charge in [-0.2, -0.15) is 5.10 Å². The number of nitrogens with one attached hydrogen (secondary N) is 2. The monoisotopic (exact) mass is 186 g/mol. The van der Waals surface area contributed by atoms with Crippen LogP contribution in [0.25, 0.3) is 0 Å². The van der Waals surface area contributed by atoms with Crippen molar-refractivity contribution in [3.63, 3.8) is 0 Å². The molecule has 5 heteroatoms. The molecule has 0 saturated heterocycles. The fourth-order valence-electron chi connectivity index (χ4n) is 0.560. The zero-order chi connectivity index (χ0) is 10.5. The van der Waals surface area contributed by atoms with Crippen LogP contribution in [-0.2, 0) is 0 Å². The van der Waals surface area contributed by atoms with Crippen LogP contribution in [0.2, 0.25) is 0 Å². The van der Waals surface area contributed by atoms with Crippen molar-refractivity contribution in [3.8, 4) is 0 Å². The molecule has 13 heavy (non-hydrogen) atoms. The molecule has 0 atom stereocenters. The van der Waals surface area contributed by atoms with Crippen molar-refractivity contribution in [2.24, 2.45) is 10.8 Å². The first-order valence-corrected chi connectivity index (χ1v) is 4.16. The highest BCUT2D eigenvalue weighted by molar-refractivity contribution is 5.85. The Bertz CT molecular complexity index is 205. The maximum atomic E-state index is 11.1. The molecule has 76 valence electrons. The van der Waals surface area contributed by atoms with E-state index in [-0.39, 0.29) is 11.6 Å². The van der Waals surface area contributed by atoms with Crippen LogP contribution in [0.3, 0.4) is 0 Å². The number of nitrogens with two attached hydrogens (primary N) is 1. The first kappa shape index (κ1) is 11.9.